The van der Waals surface area contributed by atoms with Gasteiger partial charge in [0.1, 0.15) is 0 Å². The zero-order chi connectivity index (χ0) is 15.6. The number of β-amino-alcohol motifs (C(OH)–C–C–N with tert-alkyl or cyclic N) is 1. The maximum absolute atomic E-state index is 10.4. The zero-order valence-corrected chi connectivity index (χ0v) is 13.0. The van der Waals surface area contributed by atoms with E-state index in [0.29, 0.717) is 18.2 Å². The van der Waals surface area contributed by atoms with E-state index in [9.17, 15) is 5.11 Å². The van der Waals surface area contributed by atoms with Crippen molar-refractivity contribution in [3.8, 4) is 0 Å². The van der Waals surface area contributed by atoms with E-state index in [-0.39, 0.29) is 11.3 Å². The van der Waals surface area contributed by atoms with Crippen LogP contribution in [0, 0.1) is 5.41 Å². The van der Waals surface area contributed by atoms with E-state index >= 15 is 0 Å². The molecule has 0 radical (unpaired) electrons. The molecular weight excluding hydrogens is 266 g/mol. The number of oxime groups is 1. The van der Waals surface area contributed by atoms with Crippen LogP contribution in [-0.2, 0) is 0 Å². The van der Waals surface area contributed by atoms with Gasteiger partial charge in [-0.15, -0.1) is 0 Å². The van der Waals surface area contributed by atoms with Crippen molar-refractivity contribution >= 4 is 5.84 Å². The average molecular weight is 291 g/mol. The molecule has 1 aliphatic rings. The summed E-state index contributed by atoms with van der Waals surface area (Å²) in [6, 6.07) is 7.69. The van der Waals surface area contributed by atoms with E-state index in [2.05, 4.69) is 30.8 Å². The van der Waals surface area contributed by atoms with Crippen LogP contribution in [0.4, 0.5) is 0 Å². The number of benzene rings is 1. The Hall–Kier alpha value is -1.59. The SMILES string of the molecule is CC(C)(C)C1CCN1CC(O)c1ccc(C(N)=NO)cc1. The van der Waals surface area contributed by atoms with Gasteiger partial charge in [-0.3, -0.25) is 4.90 Å². The van der Waals surface area contributed by atoms with E-state index in [1.165, 1.54) is 6.42 Å². The number of rotatable bonds is 4. The number of aliphatic hydroxyl groups excluding tert-OH is 1. The van der Waals surface area contributed by atoms with Crippen LogP contribution in [0.1, 0.15) is 44.4 Å². The predicted octanol–water partition coefficient (Wildman–Crippen LogP) is 1.93. The Labute approximate surface area is 126 Å². The molecule has 21 heavy (non-hydrogen) atoms. The minimum Gasteiger partial charge on any atom is -0.409 e. The summed E-state index contributed by atoms with van der Waals surface area (Å²) in [4.78, 5) is 2.34. The Morgan fingerprint density at radius 3 is 2.43 bits per heavy atom. The summed E-state index contributed by atoms with van der Waals surface area (Å²) < 4.78 is 0. The summed E-state index contributed by atoms with van der Waals surface area (Å²) in [6.07, 6.45) is 0.676. The molecule has 116 valence electrons. The van der Waals surface area contributed by atoms with Crippen molar-refractivity contribution in [1.29, 1.82) is 0 Å². The van der Waals surface area contributed by atoms with Crippen LogP contribution < -0.4 is 5.73 Å². The van der Waals surface area contributed by atoms with Gasteiger partial charge in [0, 0.05) is 24.7 Å². The highest BCUT2D eigenvalue weighted by molar-refractivity contribution is 5.96. The molecule has 1 saturated heterocycles. The van der Waals surface area contributed by atoms with E-state index in [4.69, 9.17) is 10.9 Å². The summed E-state index contributed by atoms with van der Waals surface area (Å²) in [5.41, 5.74) is 7.27. The van der Waals surface area contributed by atoms with Gasteiger partial charge < -0.3 is 16.0 Å². The molecule has 2 unspecified atom stereocenters. The summed E-state index contributed by atoms with van der Waals surface area (Å²) >= 11 is 0. The van der Waals surface area contributed by atoms with Crippen molar-refractivity contribution in [2.24, 2.45) is 16.3 Å². The molecule has 0 amide bonds. The molecule has 1 aliphatic heterocycles. The molecular formula is C16H25N3O2. The highest BCUT2D eigenvalue weighted by Gasteiger charge is 2.37. The van der Waals surface area contributed by atoms with Gasteiger partial charge in [0.2, 0.25) is 0 Å². The molecule has 5 heteroatoms. The van der Waals surface area contributed by atoms with Crippen molar-refractivity contribution in [1.82, 2.24) is 4.90 Å². The summed E-state index contributed by atoms with van der Waals surface area (Å²) in [5, 5.41) is 22.0. The second-order valence-corrected chi connectivity index (χ2v) is 6.79. The van der Waals surface area contributed by atoms with E-state index < -0.39 is 6.10 Å². The van der Waals surface area contributed by atoms with Crippen molar-refractivity contribution in [3.05, 3.63) is 35.4 Å². The molecule has 2 atom stereocenters. The van der Waals surface area contributed by atoms with Gasteiger partial charge in [-0.1, -0.05) is 50.2 Å². The number of nitrogens with zero attached hydrogens (tertiary/aromatic N) is 2. The quantitative estimate of drug-likeness (QED) is 0.343. The van der Waals surface area contributed by atoms with Crippen LogP contribution in [-0.4, -0.2) is 40.2 Å². The van der Waals surface area contributed by atoms with Gasteiger partial charge in [0.25, 0.3) is 0 Å². The van der Waals surface area contributed by atoms with E-state index in [0.717, 1.165) is 12.1 Å². The fourth-order valence-electron chi connectivity index (χ4n) is 2.90. The second kappa shape index (κ2) is 6.03. The molecule has 1 heterocycles. The largest absolute Gasteiger partial charge is 0.409 e. The maximum atomic E-state index is 10.4. The molecule has 1 aromatic carbocycles. The highest BCUT2D eigenvalue weighted by Crippen LogP contribution is 2.34. The minimum atomic E-state index is -0.517. The second-order valence-electron chi connectivity index (χ2n) is 6.79. The van der Waals surface area contributed by atoms with Gasteiger partial charge >= 0.3 is 0 Å². The molecule has 0 bridgehead atoms. The standard InChI is InChI=1S/C16H25N3O2/c1-16(2,3)14-8-9-19(14)10-13(20)11-4-6-12(7-5-11)15(17)18-21/h4-7,13-14,20-21H,8-10H2,1-3H3,(H2,17,18). The molecule has 2 rings (SSSR count). The van der Waals surface area contributed by atoms with Crippen LogP contribution in [0.3, 0.4) is 0 Å². The van der Waals surface area contributed by atoms with Crippen LogP contribution in [0.2, 0.25) is 0 Å². The lowest BCUT2D eigenvalue weighted by Crippen LogP contribution is -2.55. The van der Waals surface area contributed by atoms with Gasteiger partial charge in [0.15, 0.2) is 5.84 Å². The summed E-state index contributed by atoms with van der Waals surface area (Å²) in [5.74, 6) is 0.0755. The van der Waals surface area contributed by atoms with Gasteiger partial charge in [0.05, 0.1) is 6.10 Å². The van der Waals surface area contributed by atoms with Gasteiger partial charge in [-0.25, -0.2) is 0 Å². The Balaban J connectivity index is 1.99. The first-order valence-corrected chi connectivity index (χ1v) is 7.33. The Morgan fingerprint density at radius 1 is 1.38 bits per heavy atom. The lowest BCUT2D eigenvalue weighted by atomic mass is 9.79. The molecule has 5 nitrogen and oxygen atoms in total. The molecule has 0 spiro atoms. The average Bonchev–Trinajstić information content (AvgIpc) is 2.40. The number of nitrogens with two attached hydrogens (primary N) is 1. The zero-order valence-electron chi connectivity index (χ0n) is 13.0. The third-order valence-electron chi connectivity index (χ3n) is 4.24. The molecule has 4 N–H and O–H groups in total. The highest BCUT2D eigenvalue weighted by atomic mass is 16.4. The van der Waals surface area contributed by atoms with Crippen LogP contribution in [0.15, 0.2) is 29.4 Å². The Bertz CT molecular complexity index is 505. The van der Waals surface area contributed by atoms with Crippen molar-refractivity contribution in [2.75, 3.05) is 13.1 Å². The maximum Gasteiger partial charge on any atom is 0.170 e. The van der Waals surface area contributed by atoms with Gasteiger partial charge in [-0.2, -0.15) is 0 Å². The molecule has 0 aromatic heterocycles. The topological polar surface area (TPSA) is 82.1 Å². The summed E-state index contributed by atoms with van der Waals surface area (Å²) in [6.45, 7) is 8.40. The normalized spacial score (nSPS) is 21.9. The molecule has 0 aliphatic carbocycles. The number of amidine groups is 1. The summed E-state index contributed by atoms with van der Waals surface area (Å²) in [7, 11) is 0. The number of hydrogen-bond donors (Lipinski definition) is 3. The minimum absolute atomic E-state index is 0.0755. The first kappa shape index (κ1) is 15.8. The van der Waals surface area contributed by atoms with E-state index in [1.807, 2.05) is 12.1 Å². The number of aliphatic hydroxyl groups is 1. The van der Waals surface area contributed by atoms with Crippen LogP contribution >= 0.6 is 0 Å². The van der Waals surface area contributed by atoms with Crippen molar-refractivity contribution in [3.63, 3.8) is 0 Å². The smallest absolute Gasteiger partial charge is 0.170 e. The lowest BCUT2D eigenvalue weighted by molar-refractivity contribution is -0.0210. The number of likely N-dealkylation sites (tertiary alicyclic amines) is 1. The fraction of sp³-hybridized carbons (Fsp3) is 0.562. The lowest BCUT2D eigenvalue weighted by Gasteiger charge is -2.49. The van der Waals surface area contributed by atoms with Gasteiger partial charge in [-0.05, 0) is 17.4 Å². The monoisotopic (exact) mass is 291 g/mol. The van der Waals surface area contributed by atoms with Crippen LogP contribution in [0.5, 0.6) is 0 Å². The van der Waals surface area contributed by atoms with Crippen LogP contribution in [0.25, 0.3) is 0 Å². The predicted molar refractivity (Wildman–Crippen MR) is 83.3 cm³/mol. The van der Waals surface area contributed by atoms with Crippen molar-refractivity contribution < 1.29 is 10.3 Å². The first-order chi connectivity index (χ1) is 9.82. The molecule has 1 aromatic rings. The molecule has 0 saturated carbocycles. The number of hydrogen-bond acceptors (Lipinski definition) is 4. The third kappa shape index (κ3) is 3.54. The first-order valence-electron chi connectivity index (χ1n) is 7.33. The van der Waals surface area contributed by atoms with Crippen molar-refractivity contribution in [2.45, 2.75) is 39.3 Å². The Kier molecular flexibility index (Phi) is 4.54. The molecule has 1 fully saturated rings. The Morgan fingerprint density at radius 2 is 2.00 bits per heavy atom. The third-order valence-corrected chi connectivity index (χ3v) is 4.24. The fourth-order valence-corrected chi connectivity index (χ4v) is 2.90. The van der Waals surface area contributed by atoms with E-state index in [1.54, 1.807) is 12.1 Å².